The van der Waals surface area contributed by atoms with E-state index in [9.17, 15) is 19.7 Å². The van der Waals surface area contributed by atoms with Crippen LogP contribution < -0.4 is 10.1 Å². The number of carbonyl (C=O) groups is 2. The fourth-order valence-corrected chi connectivity index (χ4v) is 2.42. The Balaban J connectivity index is 1.82. The van der Waals surface area contributed by atoms with Gasteiger partial charge in [-0.15, -0.1) is 0 Å². The summed E-state index contributed by atoms with van der Waals surface area (Å²) >= 11 is 0. The van der Waals surface area contributed by atoms with E-state index in [4.69, 9.17) is 9.47 Å². The lowest BCUT2D eigenvalue weighted by Crippen LogP contribution is -2.22. The lowest BCUT2D eigenvalue weighted by molar-refractivity contribution is -0.384. The quantitative estimate of drug-likeness (QED) is 0.423. The zero-order valence-corrected chi connectivity index (χ0v) is 16.0. The molecule has 8 nitrogen and oxygen atoms in total. The smallest absolute Gasteiger partial charge is 0.309 e. The highest BCUT2D eigenvalue weighted by atomic mass is 16.6. The number of nitro groups is 1. The molecule has 0 saturated carbocycles. The third-order valence-corrected chi connectivity index (χ3v) is 4.10. The summed E-state index contributed by atoms with van der Waals surface area (Å²) in [6, 6.07) is 10.3. The molecule has 8 heteroatoms. The fourth-order valence-electron chi connectivity index (χ4n) is 2.42. The van der Waals surface area contributed by atoms with Gasteiger partial charge in [-0.2, -0.15) is 0 Å². The van der Waals surface area contributed by atoms with E-state index in [0.717, 1.165) is 16.7 Å². The van der Waals surface area contributed by atoms with Crippen molar-refractivity contribution in [3.63, 3.8) is 0 Å². The number of amides is 1. The van der Waals surface area contributed by atoms with Gasteiger partial charge in [0, 0.05) is 6.07 Å². The van der Waals surface area contributed by atoms with Crippen molar-refractivity contribution in [2.75, 3.05) is 18.5 Å². The highest BCUT2D eigenvalue weighted by Crippen LogP contribution is 2.27. The summed E-state index contributed by atoms with van der Waals surface area (Å²) in [6.45, 7) is 5.00. The lowest BCUT2D eigenvalue weighted by Gasteiger charge is -2.10. The number of rotatable bonds is 8. The molecule has 0 heterocycles. The van der Waals surface area contributed by atoms with Gasteiger partial charge in [-0.1, -0.05) is 18.2 Å². The Morgan fingerprint density at radius 2 is 1.75 bits per heavy atom. The number of ether oxygens (including phenoxy) is 2. The Bertz CT molecular complexity index is 894. The molecule has 148 valence electrons. The highest BCUT2D eigenvalue weighted by Gasteiger charge is 2.18. The minimum Gasteiger partial charge on any atom is -0.493 e. The fraction of sp³-hybridized carbons (Fsp3) is 0.300. The molecule has 2 aromatic rings. The van der Waals surface area contributed by atoms with Crippen molar-refractivity contribution in [1.82, 2.24) is 0 Å². The van der Waals surface area contributed by atoms with Gasteiger partial charge < -0.3 is 14.8 Å². The van der Waals surface area contributed by atoms with Gasteiger partial charge in [-0.05, 0) is 49.6 Å². The number of para-hydroxylation sites is 1. The zero-order valence-electron chi connectivity index (χ0n) is 16.0. The molecule has 0 fully saturated rings. The van der Waals surface area contributed by atoms with Crippen LogP contribution in [0.2, 0.25) is 0 Å². The number of anilines is 1. The van der Waals surface area contributed by atoms with Gasteiger partial charge in [-0.3, -0.25) is 19.7 Å². The normalized spacial score (nSPS) is 10.2. The molecule has 0 aliphatic carbocycles. The number of nitrogens with one attached hydrogen (secondary N) is 1. The third kappa shape index (κ3) is 5.80. The number of carbonyl (C=O) groups excluding carboxylic acids is 2. The van der Waals surface area contributed by atoms with Crippen LogP contribution in [0.5, 0.6) is 5.75 Å². The van der Waals surface area contributed by atoms with Crippen LogP contribution in [0.15, 0.2) is 36.4 Å². The van der Waals surface area contributed by atoms with Gasteiger partial charge in [0.15, 0.2) is 6.61 Å². The van der Waals surface area contributed by atoms with E-state index in [-0.39, 0.29) is 24.4 Å². The monoisotopic (exact) mass is 386 g/mol. The Hall–Kier alpha value is -3.42. The van der Waals surface area contributed by atoms with E-state index in [1.165, 1.54) is 12.1 Å². The van der Waals surface area contributed by atoms with Crippen molar-refractivity contribution < 1.29 is 24.0 Å². The Kier molecular flexibility index (Phi) is 7.08. The van der Waals surface area contributed by atoms with Crippen molar-refractivity contribution >= 4 is 23.3 Å². The molecule has 0 atom stereocenters. The number of nitrogens with zero attached hydrogens (tertiary/aromatic N) is 1. The maximum absolute atomic E-state index is 12.0. The summed E-state index contributed by atoms with van der Waals surface area (Å²) in [5, 5.41) is 13.6. The number of hydrogen-bond acceptors (Lipinski definition) is 6. The number of hydrogen-bond donors (Lipinski definition) is 1. The molecule has 1 N–H and O–H groups in total. The largest absolute Gasteiger partial charge is 0.493 e. The first kappa shape index (κ1) is 20.9. The molecule has 0 radical (unpaired) electrons. The van der Waals surface area contributed by atoms with E-state index in [1.54, 1.807) is 19.9 Å². The van der Waals surface area contributed by atoms with Crippen LogP contribution in [-0.4, -0.2) is 30.0 Å². The molecule has 0 bridgehead atoms. The summed E-state index contributed by atoms with van der Waals surface area (Å²) in [6.07, 6.45) is -0.0224. The van der Waals surface area contributed by atoms with Gasteiger partial charge in [0.05, 0.1) is 18.0 Å². The van der Waals surface area contributed by atoms with E-state index >= 15 is 0 Å². The average molecular weight is 386 g/mol. The Morgan fingerprint density at radius 1 is 1.07 bits per heavy atom. The van der Waals surface area contributed by atoms with Crippen molar-refractivity contribution in [2.45, 2.75) is 27.2 Å². The van der Waals surface area contributed by atoms with Gasteiger partial charge in [-0.25, -0.2) is 0 Å². The summed E-state index contributed by atoms with van der Waals surface area (Å²) in [7, 11) is 0. The van der Waals surface area contributed by atoms with Crippen LogP contribution in [0.25, 0.3) is 0 Å². The van der Waals surface area contributed by atoms with E-state index in [2.05, 4.69) is 5.32 Å². The minimum atomic E-state index is -0.653. The summed E-state index contributed by atoms with van der Waals surface area (Å²) in [4.78, 5) is 34.3. The summed E-state index contributed by atoms with van der Waals surface area (Å²) in [5.74, 6) is -0.576. The Morgan fingerprint density at radius 3 is 2.43 bits per heavy atom. The van der Waals surface area contributed by atoms with Crippen molar-refractivity contribution in [1.29, 1.82) is 0 Å². The minimum absolute atomic E-state index is 0.0224. The molecule has 0 aromatic heterocycles. The second-order valence-electron chi connectivity index (χ2n) is 6.28. The van der Waals surface area contributed by atoms with E-state index in [0.29, 0.717) is 5.75 Å². The molecule has 0 aliphatic heterocycles. The first-order chi connectivity index (χ1) is 13.3. The second-order valence-corrected chi connectivity index (χ2v) is 6.28. The van der Waals surface area contributed by atoms with E-state index in [1.807, 2.05) is 25.1 Å². The molecular weight excluding hydrogens is 364 g/mol. The topological polar surface area (TPSA) is 108 Å². The lowest BCUT2D eigenvalue weighted by atomic mass is 10.1. The number of esters is 1. The first-order valence-electron chi connectivity index (χ1n) is 8.67. The van der Waals surface area contributed by atoms with Crippen LogP contribution in [-0.2, 0) is 14.3 Å². The highest BCUT2D eigenvalue weighted by molar-refractivity contribution is 5.95. The van der Waals surface area contributed by atoms with Crippen molar-refractivity contribution in [2.24, 2.45) is 0 Å². The molecule has 0 unspecified atom stereocenters. The van der Waals surface area contributed by atoms with Crippen LogP contribution in [0, 0.1) is 30.9 Å². The predicted octanol–water partition coefficient (Wildman–Crippen LogP) is 3.47. The van der Waals surface area contributed by atoms with Crippen molar-refractivity contribution in [3.05, 3.63) is 63.2 Å². The maximum Gasteiger partial charge on any atom is 0.309 e. The number of benzene rings is 2. The first-order valence-corrected chi connectivity index (χ1v) is 8.67. The number of nitro benzene ring substituents is 1. The molecular formula is C20H22N2O6. The van der Waals surface area contributed by atoms with Crippen molar-refractivity contribution in [3.8, 4) is 5.75 Å². The summed E-state index contributed by atoms with van der Waals surface area (Å²) < 4.78 is 10.4. The standard InChI is InChI=1S/C20H22N2O6/c1-13-6-4-5-7-18(13)27-9-8-20(24)28-12-19(23)21-16-10-14(2)15(3)11-17(16)22(25)26/h4-7,10-11H,8-9,12H2,1-3H3,(H,21,23). The second kappa shape index (κ2) is 9.50. The average Bonchev–Trinajstić information content (AvgIpc) is 2.64. The zero-order chi connectivity index (χ0) is 20.7. The molecule has 1 amide bonds. The number of aryl methyl sites for hydroxylation is 3. The van der Waals surface area contributed by atoms with Gasteiger partial charge in [0.25, 0.3) is 11.6 Å². The maximum atomic E-state index is 12.0. The van der Waals surface area contributed by atoms with Gasteiger partial charge in [0.2, 0.25) is 0 Å². The SMILES string of the molecule is Cc1cc(NC(=O)COC(=O)CCOc2ccccc2C)c([N+](=O)[O-])cc1C. The molecule has 2 rings (SSSR count). The van der Waals surface area contributed by atoms with Crippen LogP contribution in [0.1, 0.15) is 23.1 Å². The summed E-state index contributed by atoms with van der Waals surface area (Å²) in [5.41, 5.74) is 2.34. The Labute approximate surface area is 162 Å². The molecule has 0 spiro atoms. The molecule has 0 aliphatic rings. The molecule has 0 saturated heterocycles. The van der Waals surface area contributed by atoms with Gasteiger partial charge in [0.1, 0.15) is 11.4 Å². The molecule has 28 heavy (non-hydrogen) atoms. The third-order valence-electron chi connectivity index (χ3n) is 4.10. The van der Waals surface area contributed by atoms with Crippen LogP contribution in [0.4, 0.5) is 11.4 Å². The predicted molar refractivity (Wildman–Crippen MR) is 103 cm³/mol. The molecule has 2 aromatic carbocycles. The van der Waals surface area contributed by atoms with E-state index < -0.39 is 23.4 Å². The van der Waals surface area contributed by atoms with Crippen LogP contribution >= 0.6 is 0 Å². The van der Waals surface area contributed by atoms with Crippen LogP contribution in [0.3, 0.4) is 0 Å². The van der Waals surface area contributed by atoms with Gasteiger partial charge >= 0.3 is 5.97 Å².